The number of rotatable bonds is 3. The quantitative estimate of drug-likeness (QED) is 0.728. The Kier molecular flexibility index (Phi) is 4.02. The summed E-state index contributed by atoms with van der Waals surface area (Å²) in [6, 6.07) is 7.83. The normalized spacial score (nSPS) is 18.6. The van der Waals surface area contributed by atoms with E-state index in [1.54, 1.807) is 18.2 Å². The SMILES string of the molecule is COC(=O)c1nc(-c2ccc(C3CC3(F)F)cc2Cl)ccc1Cl. The molecule has 0 spiro atoms. The maximum absolute atomic E-state index is 13.1. The van der Waals surface area contributed by atoms with Gasteiger partial charge in [-0.3, -0.25) is 0 Å². The van der Waals surface area contributed by atoms with Gasteiger partial charge >= 0.3 is 5.97 Å². The molecule has 1 aliphatic carbocycles. The first-order chi connectivity index (χ1) is 10.8. The first-order valence-electron chi connectivity index (χ1n) is 6.76. The topological polar surface area (TPSA) is 39.2 Å². The summed E-state index contributed by atoms with van der Waals surface area (Å²) >= 11 is 12.1. The summed E-state index contributed by atoms with van der Waals surface area (Å²) in [5.74, 6) is -4.10. The van der Waals surface area contributed by atoms with Crippen molar-refractivity contribution in [2.75, 3.05) is 7.11 Å². The first-order valence-corrected chi connectivity index (χ1v) is 7.51. The molecule has 2 aromatic rings. The van der Waals surface area contributed by atoms with Crippen molar-refractivity contribution < 1.29 is 18.3 Å². The van der Waals surface area contributed by atoms with Crippen LogP contribution in [0.1, 0.15) is 28.4 Å². The van der Waals surface area contributed by atoms with Crippen LogP contribution in [-0.4, -0.2) is 24.0 Å². The lowest BCUT2D eigenvalue weighted by atomic mass is 10.0. The molecule has 3 nitrogen and oxygen atoms in total. The van der Waals surface area contributed by atoms with Crippen LogP contribution in [0.2, 0.25) is 10.0 Å². The number of esters is 1. The predicted octanol–water partition coefficient (Wildman–Crippen LogP) is 4.96. The van der Waals surface area contributed by atoms with Crippen LogP contribution in [0.15, 0.2) is 30.3 Å². The molecule has 1 atom stereocenters. The highest BCUT2D eigenvalue weighted by atomic mass is 35.5. The molecule has 0 amide bonds. The van der Waals surface area contributed by atoms with E-state index in [1.165, 1.54) is 19.2 Å². The van der Waals surface area contributed by atoms with Gasteiger partial charge in [0.1, 0.15) is 0 Å². The lowest BCUT2D eigenvalue weighted by molar-refractivity contribution is 0.0594. The van der Waals surface area contributed by atoms with Crippen LogP contribution in [0.5, 0.6) is 0 Å². The number of halogens is 4. The first kappa shape index (κ1) is 16.1. The van der Waals surface area contributed by atoms with Crippen molar-refractivity contribution in [2.24, 2.45) is 0 Å². The van der Waals surface area contributed by atoms with Crippen LogP contribution >= 0.6 is 23.2 Å². The van der Waals surface area contributed by atoms with Gasteiger partial charge in [0.05, 0.1) is 28.8 Å². The average Bonchev–Trinajstić information content (AvgIpc) is 3.16. The van der Waals surface area contributed by atoms with E-state index in [0.29, 0.717) is 16.8 Å². The second kappa shape index (κ2) is 5.73. The van der Waals surface area contributed by atoms with E-state index in [0.717, 1.165) is 0 Å². The predicted molar refractivity (Wildman–Crippen MR) is 83.3 cm³/mol. The van der Waals surface area contributed by atoms with Crippen molar-refractivity contribution in [3.05, 3.63) is 51.6 Å². The van der Waals surface area contributed by atoms with E-state index in [4.69, 9.17) is 23.2 Å². The van der Waals surface area contributed by atoms with Gasteiger partial charge < -0.3 is 4.74 Å². The molecule has 0 aliphatic heterocycles. The van der Waals surface area contributed by atoms with Gasteiger partial charge in [-0.15, -0.1) is 0 Å². The zero-order chi connectivity index (χ0) is 16.8. The smallest absolute Gasteiger partial charge is 0.358 e. The third-order valence-electron chi connectivity index (χ3n) is 3.72. The van der Waals surface area contributed by atoms with E-state index in [9.17, 15) is 13.6 Å². The van der Waals surface area contributed by atoms with Crippen LogP contribution in [0, 0.1) is 0 Å². The number of nitrogens with zero attached hydrogens (tertiary/aromatic N) is 1. The molecule has 1 aromatic carbocycles. The lowest BCUT2D eigenvalue weighted by Gasteiger charge is -2.09. The van der Waals surface area contributed by atoms with Crippen LogP contribution in [0.25, 0.3) is 11.3 Å². The van der Waals surface area contributed by atoms with E-state index in [2.05, 4.69) is 9.72 Å². The lowest BCUT2D eigenvalue weighted by Crippen LogP contribution is -2.06. The zero-order valence-electron chi connectivity index (χ0n) is 11.9. The van der Waals surface area contributed by atoms with E-state index in [1.807, 2.05) is 0 Å². The third-order valence-corrected chi connectivity index (χ3v) is 4.34. The molecule has 23 heavy (non-hydrogen) atoms. The minimum absolute atomic E-state index is 0.0273. The van der Waals surface area contributed by atoms with Gasteiger partial charge in [-0.05, 0) is 23.8 Å². The number of alkyl halides is 2. The fourth-order valence-electron chi connectivity index (χ4n) is 2.36. The molecule has 0 saturated heterocycles. The summed E-state index contributed by atoms with van der Waals surface area (Å²) in [7, 11) is 1.23. The Hall–Kier alpha value is -1.72. The highest BCUT2D eigenvalue weighted by molar-refractivity contribution is 6.34. The van der Waals surface area contributed by atoms with Crippen LogP contribution < -0.4 is 0 Å². The molecule has 120 valence electrons. The number of carbonyl (C=O) groups is 1. The van der Waals surface area contributed by atoms with E-state index < -0.39 is 17.8 Å². The molecular formula is C16H11Cl2F2NO2. The summed E-state index contributed by atoms with van der Waals surface area (Å²) < 4.78 is 30.9. The highest BCUT2D eigenvalue weighted by Crippen LogP contribution is 2.56. The molecule has 1 unspecified atom stereocenters. The molecular weight excluding hydrogens is 347 g/mol. The number of hydrogen-bond acceptors (Lipinski definition) is 3. The number of methoxy groups -OCH3 is 1. The fraction of sp³-hybridized carbons (Fsp3) is 0.250. The van der Waals surface area contributed by atoms with Crippen molar-refractivity contribution >= 4 is 29.2 Å². The Labute approximate surface area is 141 Å². The standard InChI is InChI=1S/C16H11Cl2F2NO2/c1-23-15(22)14-11(17)4-5-13(21-14)9-3-2-8(6-12(9)18)10-7-16(10,19)20/h2-6,10H,7H2,1H3. The van der Waals surface area contributed by atoms with Gasteiger partial charge in [0.25, 0.3) is 5.92 Å². The second-order valence-corrected chi connectivity index (χ2v) is 6.09. The Morgan fingerprint density at radius 2 is 1.96 bits per heavy atom. The summed E-state index contributed by atoms with van der Waals surface area (Å²) in [4.78, 5) is 15.8. The third kappa shape index (κ3) is 3.03. The largest absolute Gasteiger partial charge is 0.464 e. The minimum atomic E-state index is -2.65. The summed E-state index contributed by atoms with van der Waals surface area (Å²) in [5.41, 5.74) is 1.40. The molecule has 3 rings (SSSR count). The molecule has 1 aliphatic rings. The molecule has 1 aromatic heterocycles. The van der Waals surface area contributed by atoms with Crippen LogP contribution in [0.3, 0.4) is 0 Å². The average molecular weight is 358 g/mol. The minimum Gasteiger partial charge on any atom is -0.464 e. The Morgan fingerprint density at radius 1 is 1.26 bits per heavy atom. The van der Waals surface area contributed by atoms with Gasteiger partial charge in [0, 0.05) is 12.0 Å². The van der Waals surface area contributed by atoms with Crippen molar-refractivity contribution in [2.45, 2.75) is 18.3 Å². The van der Waals surface area contributed by atoms with Gasteiger partial charge in [0.15, 0.2) is 5.69 Å². The number of pyridine rings is 1. The number of benzene rings is 1. The van der Waals surface area contributed by atoms with E-state index in [-0.39, 0.29) is 22.2 Å². The highest BCUT2D eigenvalue weighted by Gasteiger charge is 2.57. The van der Waals surface area contributed by atoms with Crippen molar-refractivity contribution in [3.63, 3.8) is 0 Å². The number of hydrogen-bond donors (Lipinski definition) is 0. The van der Waals surface area contributed by atoms with Gasteiger partial charge in [-0.1, -0.05) is 35.3 Å². The Bertz CT molecular complexity index is 796. The summed E-state index contributed by atoms with van der Waals surface area (Å²) in [6.45, 7) is 0. The Morgan fingerprint density at radius 3 is 2.52 bits per heavy atom. The van der Waals surface area contributed by atoms with Crippen LogP contribution in [-0.2, 0) is 4.74 Å². The molecule has 7 heteroatoms. The number of aromatic nitrogens is 1. The monoisotopic (exact) mass is 357 g/mol. The Balaban J connectivity index is 1.98. The fourth-order valence-corrected chi connectivity index (χ4v) is 2.83. The van der Waals surface area contributed by atoms with Crippen LogP contribution in [0.4, 0.5) is 8.78 Å². The van der Waals surface area contributed by atoms with Crippen molar-refractivity contribution in [1.29, 1.82) is 0 Å². The van der Waals surface area contributed by atoms with Crippen molar-refractivity contribution in [3.8, 4) is 11.3 Å². The molecule has 1 heterocycles. The number of ether oxygens (including phenoxy) is 1. The molecule has 0 bridgehead atoms. The van der Waals surface area contributed by atoms with Gasteiger partial charge in [-0.25, -0.2) is 18.6 Å². The van der Waals surface area contributed by atoms with Gasteiger partial charge in [-0.2, -0.15) is 0 Å². The molecule has 1 saturated carbocycles. The molecule has 1 fully saturated rings. The maximum atomic E-state index is 13.1. The zero-order valence-corrected chi connectivity index (χ0v) is 13.5. The molecule has 0 N–H and O–H groups in total. The summed E-state index contributed by atoms with van der Waals surface area (Å²) in [6.07, 6.45) is -0.158. The van der Waals surface area contributed by atoms with E-state index >= 15 is 0 Å². The molecule has 0 radical (unpaired) electrons. The maximum Gasteiger partial charge on any atom is 0.358 e. The number of carbonyl (C=O) groups excluding carboxylic acids is 1. The second-order valence-electron chi connectivity index (χ2n) is 5.28. The van der Waals surface area contributed by atoms with Crippen molar-refractivity contribution in [1.82, 2.24) is 4.98 Å². The van der Waals surface area contributed by atoms with Gasteiger partial charge in [0.2, 0.25) is 0 Å². The summed E-state index contributed by atoms with van der Waals surface area (Å²) in [5, 5.41) is 0.446.